The Morgan fingerprint density at radius 1 is 1.10 bits per heavy atom. The molecular formula is C13H14Cl2N4S. The van der Waals surface area contributed by atoms with Gasteiger partial charge in [0.1, 0.15) is 11.0 Å². The smallest absolute Gasteiger partial charge is 0.131 e. The summed E-state index contributed by atoms with van der Waals surface area (Å²) in [4.78, 5) is 2.42. The lowest BCUT2D eigenvalue weighted by atomic mass is 9.97. The topological polar surface area (TPSA) is 55.0 Å². The molecule has 7 heteroatoms. The lowest BCUT2D eigenvalue weighted by Gasteiger charge is -2.39. The molecule has 2 unspecified atom stereocenters. The van der Waals surface area contributed by atoms with Crippen LogP contribution in [0.4, 0.5) is 5.69 Å². The summed E-state index contributed by atoms with van der Waals surface area (Å²) in [6.07, 6.45) is 4.40. The Balaban J connectivity index is 1.89. The van der Waals surface area contributed by atoms with Crippen molar-refractivity contribution < 1.29 is 0 Å². The second-order valence-electron chi connectivity index (χ2n) is 5.67. The summed E-state index contributed by atoms with van der Waals surface area (Å²) < 4.78 is 8.71. The van der Waals surface area contributed by atoms with E-state index in [0.717, 1.165) is 29.6 Å². The molecule has 20 heavy (non-hydrogen) atoms. The fourth-order valence-electron chi connectivity index (χ4n) is 3.69. The molecule has 3 heterocycles. The van der Waals surface area contributed by atoms with Gasteiger partial charge in [-0.15, -0.1) is 0 Å². The van der Waals surface area contributed by atoms with Gasteiger partial charge in [0.2, 0.25) is 0 Å². The van der Waals surface area contributed by atoms with E-state index < -0.39 is 0 Å². The Labute approximate surface area is 131 Å². The Bertz CT molecular complexity index is 660. The Hall–Kier alpha value is -0.620. The quantitative estimate of drug-likeness (QED) is 0.870. The predicted octanol–water partition coefficient (Wildman–Crippen LogP) is 3.46. The Kier molecular flexibility index (Phi) is 3.07. The third kappa shape index (κ3) is 1.84. The van der Waals surface area contributed by atoms with Crippen molar-refractivity contribution in [3.63, 3.8) is 0 Å². The van der Waals surface area contributed by atoms with E-state index in [1.807, 2.05) is 0 Å². The van der Waals surface area contributed by atoms with Crippen molar-refractivity contribution in [2.24, 2.45) is 5.73 Å². The maximum Gasteiger partial charge on any atom is 0.131 e. The molecule has 2 aliphatic rings. The number of anilines is 1. The lowest BCUT2D eigenvalue weighted by Crippen LogP contribution is -2.47. The number of benzene rings is 1. The standard InChI is InChI=1S/C13H14Cl2N4S/c14-9-5-10(15)13(12-11(9)17-20-18-12)19-7-1-2-8(19)4-6(16)3-7/h5-8H,1-4,16H2. The van der Waals surface area contributed by atoms with Crippen LogP contribution in [0.25, 0.3) is 11.0 Å². The zero-order valence-corrected chi connectivity index (χ0v) is 13.0. The van der Waals surface area contributed by atoms with E-state index in [1.54, 1.807) is 6.07 Å². The van der Waals surface area contributed by atoms with Gasteiger partial charge in [-0.2, -0.15) is 8.75 Å². The van der Waals surface area contributed by atoms with Gasteiger partial charge in [-0.25, -0.2) is 0 Å². The van der Waals surface area contributed by atoms with E-state index >= 15 is 0 Å². The molecule has 2 saturated heterocycles. The fraction of sp³-hybridized carbons (Fsp3) is 0.538. The van der Waals surface area contributed by atoms with Crippen LogP contribution in [-0.4, -0.2) is 26.9 Å². The number of fused-ring (bicyclic) bond motifs is 3. The first-order chi connectivity index (χ1) is 9.65. The van der Waals surface area contributed by atoms with Gasteiger partial charge in [-0.05, 0) is 31.7 Å². The van der Waals surface area contributed by atoms with Crippen LogP contribution in [0, 0.1) is 0 Å². The molecule has 2 aliphatic heterocycles. The van der Waals surface area contributed by atoms with Gasteiger partial charge in [0, 0.05) is 18.1 Å². The summed E-state index contributed by atoms with van der Waals surface area (Å²) in [5, 5.41) is 1.24. The zero-order chi connectivity index (χ0) is 13.9. The first kappa shape index (κ1) is 13.1. The molecule has 1 aromatic heterocycles. The highest BCUT2D eigenvalue weighted by atomic mass is 35.5. The first-order valence-electron chi connectivity index (χ1n) is 6.79. The van der Waals surface area contributed by atoms with Gasteiger partial charge in [0.25, 0.3) is 0 Å². The van der Waals surface area contributed by atoms with Gasteiger partial charge < -0.3 is 10.6 Å². The van der Waals surface area contributed by atoms with Crippen molar-refractivity contribution >= 4 is 51.7 Å². The van der Waals surface area contributed by atoms with Crippen LogP contribution in [0.5, 0.6) is 0 Å². The largest absolute Gasteiger partial charge is 0.362 e. The first-order valence-corrected chi connectivity index (χ1v) is 8.28. The average Bonchev–Trinajstić information content (AvgIpc) is 2.95. The molecule has 1 aromatic carbocycles. The molecule has 0 saturated carbocycles. The average molecular weight is 329 g/mol. The SMILES string of the molecule is NC1CC2CCC(C1)N2c1c(Cl)cc(Cl)c2nsnc12. The molecule has 2 bridgehead atoms. The summed E-state index contributed by atoms with van der Waals surface area (Å²) >= 11 is 13.9. The van der Waals surface area contributed by atoms with E-state index in [1.165, 1.54) is 24.6 Å². The van der Waals surface area contributed by atoms with Crippen LogP contribution in [0.1, 0.15) is 25.7 Å². The molecule has 4 rings (SSSR count). The second kappa shape index (κ2) is 4.70. The van der Waals surface area contributed by atoms with Crippen molar-refractivity contribution in [1.29, 1.82) is 0 Å². The number of nitrogens with two attached hydrogens (primary N) is 1. The monoisotopic (exact) mass is 328 g/mol. The van der Waals surface area contributed by atoms with Crippen molar-refractivity contribution in [1.82, 2.24) is 8.75 Å². The normalized spacial score (nSPS) is 29.4. The number of rotatable bonds is 1. The number of piperidine rings is 1. The minimum absolute atomic E-state index is 0.305. The third-order valence-electron chi connectivity index (χ3n) is 4.45. The van der Waals surface area contributed by atoms with Crippen LogP contribution >= 0.6 is 34.9 Å². The summed E-state index contributed by atoms with van der Waals surface area (Å²) in [6, 6.07) is 3.02. The van der Waals surface area contributed by atoms with Gasteiger partial charge in [-0.3, -0.25) is 0 Å². The Morgan fingerprint density at radius 3 is 2.45 bits per heavy atom. The minimum Gasteiger partial charge on any atom is -0.362 e. The molecule has 4 nitrogen and oxygen atoms in total. The van der Waals surface area contributed by atoms with Gasteiger partial charge in [0.05, 0.1) is 27.5 Å². The van der Waals surface area contributed by atoms with Crippen LogP contribution in [-0.2, 0) is 0 Å². The van der Waals surface area contributed by atoms with Gasteiger partial charge in [0.15, 0.2) is 0 Å². The molecule has 2 N–H and O–H groups in total. The molecule has 0 spiro atoms. The summed E-state index contributed by atoms with van der Waals surface area (Å²) in [6.45, 7) is 0. The van der Waals surface area contributed by atoms with Gasteiger partial charge >= 0.3 is 0 Å². The van der Waals surface area contributed by atoms with E-state index in [-0.39, 0.29) is 0 Å². The number of aromatic nitrogens is 2. The molecule has 2 atom stereocenters. The van der Waals surface area contributed by atoms with E-state index in [9.17, 15) is 0 Å². The van der Waals surface area contributed by atoms with Crippen LogP contribution in [0.2, 0.25) is 10.0 Å². The van der Waals surface area contributed by atoms with E-state index in [2.05, 4.69) is 13.6 Å². The highest BCUT2D eigenvalue weighted by Gasteiger charge is 2.41. The molecule has 0 amide bonds. The Morgan fingerprint density at radius 2 is 1.75 bits per heavy atom. The van der Waals surface area contributed by atoms with Crippen LogP contribution in [0.15, 0.2) is 6.07 Å². The molecule has 2 aromatic rings. The summed E-state index contributed by atoms with van der Waals surface area (Å²) in [7, 11) is 0. The van der Waals surface area contributed by atoms with E-state index in [0.29, 0.717) is 28.2 Å². The highest BCUT2D eigenvalue weighted by molar-refractivity contribution is 7.00. The lowest BCUT2D eigenvalue weighted by molar-refractivity contribution is 0.415. The number of halogens is 2. The molecule has 0 aliphatic carbocycles. The fourth-order valence-corrected chi connectivity index (χ4v) is 4.90. The summed E-state index contributed by atoms with van der Waals surface area (Å²) in [5.41, 5.74) is 8.73. The van der Waals surface area contributed by atoms with Crippen LogP contribution in [0.3, 0.4) is 0 Å². The molecular weight excluding hydrogens is 315 g/mol. The second-order valence-corrected chi connectivity index (χ2v) is 7.02. The molecule has 2 fully saturated rings. The molecule has 106 valence electrons. The number of hydrogen-bond donors (Lipinski definition) is 1. The molecule has 0 radical (unpaired) electrons. The van der Waals surface area contributed by atoms with E-state index in [4.69, 9.17) is 28.9 Å². The third-order valence-corrected chi connectivity index (χ3v) is 5.55. The summed E-state index contributed by atoms with van der Waals surface area (Å²) in [5.74, 6) is 0. The number of nitrogens with zero attached hydrogens (tertiary/aromatic N) is 3. The zero-order valence-electron chi connectivity index (χ0n) is 10.7. The number of hydrogen-bond acceptors (Lipinski definition) is 5. The maximum atomic E-state index is 6.47. The predicted molar refractivity (Wildman–Crippen MR) is 83.9 cm³/mol. The minimum atomic E-state index is 0.305. The van der Waals surface area contributed by atoms with Gasteiger partial charge in [-0.1, -0.05) is 23.2 Å². The highest BCUT2D eigenvalue weighted by Crippen LogP contribution is 2.45. The van der Waals surface area contributed by atoms with Crippen molar-refractivity contribution in [3.05, 3.63) is 16.1 Å². The maximum absolute atomic E-state index is 6.47. The van der Waals surface area contributed by atoms with Crippen molar-refractivity contribution in [2.45, 2.75) is 43.8 Å². The van der Waals surface area contributed by atoms with Crippen molar-refractivity contribution in [2.75, 3.05) is 4.90 Å². The van der Waals surface area contributed by atoms with Crippen LogP contribution < -0.4 is 10.6 Å². The van der Waals surface area contributed by atoms with Crippen molar-refractivity contribution in [3.8, 4) is 0 Å².